The topological polar surface area (TPSA) is 56.1 Å². The maximum Gasteiger partial charge on any atom is 0.407 e. The van der Waals surface area contributed by atoms with Crippen LogP contribution in [-0.2, 0) is 11.2 Å². The average Bonchev–Trinajstić information content (AvgIpc) is 2.82. The molecule has 5 nitrogen and oxygen atoms in total. The Hall–Kier alpha value is -2.04. The summed E-state index contributed by atoms with van der Waals surface area (Å²) in [5.41, 5.74) is 3.29. The van der Waals surface area contributed by atoms with Crippen molar-refractivity contribution < 1.29 is 9.53 Å². The molecule has 0 aliphatic carbocycles. The highest BCUT2D eigenvalue weighted by Crippen LogP contribution is 2.18. The van der Waals surface area contributed by atoms with E-state index >= 15 is 0 Å². The number of aromatic nitrogens is 2. The molecule has 2 rings (SSSR count). The number of benzene rings is 1. The van der Waals surface area contributed by atoms with Gasteiger partial charge in [-0.05, 0) is 44.9 Å². The molecule has 0 fully saturated rings. The summed E-state index contributed by atoms with van der Waals surface area (Å²) in [5.74, 6) is 0. The van der Waals surface area contributed by atoms with Crippen LogP contribution in [0.15, 0.2) is 24.5 Å². The number of alkyl carbamates (subject to hydrolysis) is 1. The molecular weight excluding hydrogens is 254 g/mol. The summed E-state index contributed by atoms with van der Waals surface area (Å²) in [7, 11) is 0. The molecule has 1 amide bonds. The highest BCUT2D eigenvalue weighted by Gasteiger charge is 2.06. The molecule has 1 aromatic heterocycles. The van der Waals surface area contributed by atoms with Crippen molar-refractivity contribution in [1.82, 2.24) is 14.9 Å². The van der Waals surface area contributed by atoms with E-state index in [0.29, 0.717) is 19.2 Å². The van der Waals surface area contributed by atoms with Crippen molar-refractivity contribution in [2.45, 2.75) is 33.2 Å². The van der Waals surface area contributed by atoms with Crippen molar-refractivity contribution in [1.29, 1.82) is 0 Å². The molecule has 2 aromatic rings. The molecule has 0 unspecified atom stereocenters. The molecule has 5 heteroatoms. The summed E-state index contributed by atoms with van der Waals surface area (Å²) in [6.45, 7) is 7.02. The van der Waals surface area contributed by atoms with E-state index in [0.717, 1.165) is 23.0 Å². The second kappa shape index (κ2) is 6.41. The van der Waals surface area contributed by atoms with Crippen LogP contribution in [0.1, 0.15) is 32.4 Å². The van der Waals surface area contributed by atoms with Crippen molar-refractivity contribution in [2.75, 3.05) is 13.2 Å². The Morgan fingerprint density at radius 2 is 2.25 bits per heavy atom. The number of hydrogen-bond acceptors (Lipinski definition) is 3. The molecule has 0 bridgehead atoms. The van der Waals surface area contributed by atoms with Crippen LogP contribution in [0.3, 0.4) is 0 Å². The third-order valence-corrected chi connectivity index (χ3v) is 3.15. The monoisotopic (exact) mass is 275 g/mol. The lowest BCUT2D eigenvalue weighted by Gasteiger charge is -2.08. The van der Waals surface area contributed by atoms with Crippen LogP contribution in [0.4, 0.5) is 4.79 Å². The van der Waals surface area contributed by atoms with Crippen molar-refractivity contribution in [2.24, 2.45) is 0 Å². The molecule has 1 aromatic carbocycles. The van der Waals surface area contributed by atoms with Crippen LogP contribution in [0.25, 0.3) is 11.0 Å². The Kier molecular flexibility index (Phi) is 4.61. The van der Waals surface area contributed by atoms with Gasteiger partial charge in [0, 0.05) is 12.6 Å². The van der Waals surface area contributed by atoms with Gasteiger partial charge in [0.15, 0.2) is 0 Å². The summed E-state index contributed by atoms with van der Waals surface area (Å²) in [4.78, 5) is 15.6. The van der Waals surface area contributed by atoms with Gasteiger partial charge in [-0.15, -0.1) is 0 Å². The number of rotatable bonds is 5. The van der Waals surface area contributed by atoms with Gasteiger partial charge in [0.1, 0.15) is 0 Å². The molecule has 1 N–H and O–H groups in total. The van der Waals surface area contributed by atoms with E-state index in [9.17, 15) is 4.79 Å². The number of amides is 1. The molecule has 0 saturated heterocycles. The summed E-state index contributed by atoms with van der Waals surface area (Å²) in [5, 5.41) is 2.72. The first kappa shape index (κ1) is 14.4. The summed E-state index contributed by atoms with van der Waals surface area (Å²) in [6.07, 6.45) is 2.27. The summed E-state index contributed by atoms with van der Waals surface area (Å²) < 4.78 is 6.96. The number of carbonyl (C=O) groups excluding carboxylic acids is 1. The van der Waals surface area contributed by atoms with Gasteiger partial charge in [-0.25, -0.2) is 9.78 Å². The van der Waals surface area contributed by atoms with Crippen molar-refractivity contribution in [3.63, 3.8) is 0 Å². The first-order valence-corrected chi connectivity index (χ1v) is 6.98. The fourth-order valence-electron chi connectivity index (χ4n) is 2.14. The largest absolute Gasteiger partial charge is 0.450 e. The van der Waals surface area contributed by atoms with Crippen LogP contribution >= 0.6 is 0 Å². The third kappa shape index (κ3) is 3.29. The van der Waals surface area contributed by atoms with E-state index in [1.54, 1.807) is 6.92 Å². The number of carbonyl (C=O) groups is 1. The standard InChI is InChI=1S/C15H21N3O2/c1-4-20-15(19)16-8-7-12-5-6-14-13(9-12)17-10-18(14)11(2)3/h5-6,9-11H,4,7-8H2,1-3H3,(H,16,19). The van der Waals surface area contributed by atoms with Crippen molar-refractivity contribution in [3.8, 4) is 0 Å². The van der Waals surface area contributed by atoms with Crippen LogP contribution in [0.2, 0.25) is 0 Å². The molecule has 1 heterocycles. The SMILES string of the molecule is CCOC(=O)NCCc1ccc2c(c1)ncn2C(C)C. The van der Waals surface area contributed by atoms with Gasteiger partial charge in [0.25, 0.3) is 0 Å². The third-order valence-electron chi connectivity index (χ3n) is 3.15. The van der Waals surface area contributed by atoms with Gasteiger partial charge in [0.05, 0.1) is 24.0 Å². The van der Waals surface area contributed by atoms with E-state index in [2.05, 4.69) is 46.9 Å². The molecule has 0 saturated carbocycles. The fraction of sp³-hybridized carbons (Fsp3) is 0.467. The van der Waals surface area contributed by atoms with Crippen LogP contribution < -0.4 is 5.32 Å². The van der Waals surface area contributed by atoms with E-state index in [4.69, 9.17) is 4.74 Å². The predicted molar refractivity (Wildman–Crippen MR) is 78.8 cm³/mol. The van der Waals surface area contributed by atoms with Gasteiger partial charge in [-0.1, -0.05) is 6.07 Å². The predicted octanol–water partition coefficient (Wildman–Crippen LogP) is 2.91. The number of fused-ring (bicyclic) bond motifs is 1. The minimum absolute atomic E-state index is 0.363. The lowest BCUT2D eigenvalue weighted by molar-refractivity contribution is 0.152. The zero-order valence-electron chi connectivity index (χ0n) is 12.2. The lowest BCUT2D eigenvalue weighted by atomic mass is 10.1. The number of imidazole rings is 1. The van der Waals surface area contributed by atoms with Crippen LogP contribution in [-0.4, -0.2) is 28.8 Å². The Bertz CT molecular complexity index is 590. The van der Waals surface area contributed by atoms with Gasteiger partial charge < -0.3 is 14.6 Å². The smallest absolute Gasteiger partial charge is 0.407 e. The molecular formula is C15H21N3O2. The van der Waals surface area contributed by atoms with Gasteiger partial charge >= 0.3 is 6.09 Å². The van der Waals surface area contributed by atoms with Gasteiger partial charge in [0.2, 0.25) is 0 Å². The molecule has 0 atom stereocenters. The Balaban J connectivity index is 2.00. The summed E-state index contributed by atoms with van der Waals surface area (Å²) in [6, 6.07) is 6.63. The maximum atomic E-state index is 11.2. The summed E-state index contributed by atoms with van der Waals surface area (Å²) >= 11 is 0. The number of ether oxygens (including phenoxy) is 1. The molecule has 0 spiro atoms. The van der Waals surface area contributed by atoms with Crippen molar-refractivity contribution >= 4 is 17.1 Å². The minimum Gasteiger partial charge on any atom is -0.450 e. The maximum absolute atomic E-state index is 11.2. The number of nitrogens with one attached hydrogen (secondary N) is 1. The fourth-order valence-corrected chi connectivity index (χ4v) is 2.14. The number of nitrogens with zero attached hydrogens (tertiary/aromatic N) is 2. The second-order valence-electron chi connectivity index (χ2n) is 4.97. The molecule has 0 aliphatic rings. The first-order valence-electron chi connectivity index (χ1n) is 6.98. The highest BCUT2D eigenvalue weighted by atomic mass is 16.5. The van der Waals surface area contributed by atoms with Crippen LogP contribution in [0.5, 0.6) is 0 Å². The van der Waals surface area contributed by atoms with Gasteiger partial charge in [-0.3, -0.25) is 0 Å². The minimum atomic E-state index is -0.363. The van der Waals surface area contributed by atoms with E-state index < -0.39 is 0 Å². The van der Waals surface area contributed by atoms with E-state index in [-0.39, 0.29) is 6.09 Å². The number of hydrogen-bond donors (Lipinski definition) is 1. The second-order valence-corrected chi connectivity index (χ2v) is 4.97. The van der Waals surface area contributed by atoms with Gasteiger partial charge in [-0.2, -0.15) is 0 Å². The van der Waals surface area contributed by atoms with E-state index in [1.165, 1.54) is 0 Å². The quantitative estimate of drug-likeness (QED) is 0.912. The Morgan fingerprint density at radius 1 is 1.45 bits per heavy atom. The zero-order chi connectivity index (χ0) is 14.5. The molecule has 108 valence electrons. The lowest BCUT2D eigenvalue weighted by Crippen LogP contribution is -2.26. The van der Waals surface area contributed by atoms with Crippen LogP contribution in [0, 0.1) is 0 Å². The Labute approximate surface area is 118 Å². The molecule has 0 aliphatic heterocycles. The molecule has 0 radical (unpaired) electrons. The first-order chi connectivity index (χ1) is 9.61. The Morgan fingerprint density at radius 3 is 2.95 bits per heavy atom. The zero-order valence-corrected chi connectivity index (χ0v) is 12.2. The molecule has 20 heavy (non-hydrogen) atoms. The van der Waals surface area contributed by atoms with Crippen molar-refractivity contribution in [3.05, 3.63) is 30.1 Å². The highest BCUT2D eigenvalue weighted by molar-refractivity contribution is 5.76. The normalized spacial score (nSPS) is 11.0. The average molecular weight is 275 g/mol. The van der Waals surface area contributed by atoms with E-state index in [1.807, 2.05) is 6.33 Å².